The van der Waals surface area contributed by atoms with Crippen LogP contribution in [-0.2, 0) is 6.54 Å². The highest BCUT2D eigenvalue weighted by Gasteiger charge is 2.26. The number of nitrogens with two attached hydrogens (primary N) is 1. The number of hydrogen-bond acceptors (Lipinski definition) is 6. The van der Waals surface area contributed by atoms with Gasteiger partial charge in [0.1, 0.15) is 23.1 Å². The summed E-state index contributed by atoms with van der Waals surface area (Å²) in [5.41, 5.74) is 9.94. The lowest BCUT2D eigenvalue weighted by Gasteiger charge is -2.28. The first-order chi connectivity index (χ1) is 18.0. The van der Waals surface area contributed by atoms with Crippen LogP contribution in [0, 0.1) is 11.7 Å². The zero-order valence-electron chi connectivity index (χ0n) is 20.7. The molecule has 0 radical (unpaired) electrons. The van der Waals surface area contributed by atoms with Crippen LogP contribution in [0.15, 0.2) is 54.7 Å². The molecule has 9 heteroatoms. The lowest BCUT2D eigenvalue weighted by molar-refractivity contribution is 0.0947. The van der Waals surface area contributed by atoms with Gasteiger partial charge in [-0.05, 0) is 61.4 Å². The first-order valence-electron chi connectivity index (χ1n) is 12.4. The second kappa shape index (κ2) is 10.6. The molecule has 1 saturated carbocycles. The Labute approximate surface area is 214 Å². The van der Waals surface area contributed by atoms with E-state index in [-0.39, 0.29) is 24.8 Å². The highest BCUT2D eigenvalue weighted by molar-refractivity contribution is 6.00. The molecule has 0 unspecified atom stereocenters. The normalized spacial score (nSPS) is 17.6. The Bertz CT molecular complexity index is 1410. The van der Waals surface area contributed by atoms with Crippen LogP contribution in [0.2, 0.25) is 0 Å². The zero-order valence-corrected chi connectivity index (χ0v) is 20.7. The van der Waals surface area contributed by atoms with Crippen LogP contribution in [0.25, 0.3) is 22.2 Å². The van der Waals surface area contributed by atoms with Crippen molar-refractivity contribution in [1.82, 2.24) is 20.1 Å². The average Bonchev–Trinajstić information content (AvgIpc) is 3.33. The number of halogens is 1. The summed E-state index contributed by atoms with van der Waals surface area (Å²) < 4.78 is 20.9. The lowest BCUT2D eigenvalue weighted by Crippen LogP contribution is -2.23. The lowest BCUT2D eigenvalue weighted by atomic mass is 9.86. The molecule has 1 aliphatic rings. The molecule has 192 valence electrons. The van der Waals surface area contributed by atoms with E-state index in [0.29, 0.717) is 17.5 Å². The Kier molecular flexibility index (Phi) is 7.05. The summed E-state index contributed by atoms with van der Waals surface area (Å²) in [4.78, 5) is 16.9. The predicted octanol–water partition coefficient (Wildman–Crippen LogP) is 4.48. The maximum atomic E-state index is 13.6. The monoisotopic (exact) mass is 503 g/mol. The number of amides is 1. The van der Waals surface area contributed by atoms with Crippen LogP contribution >= 0.6 is 0 Å². The minimum absolute atomic E-state index is 0.145. The molecule has 4 aromatic rings. The highest BCUT2D eigenvalue weighted by atomic mass is 19.1. The number of carbonyl (C=O) groups excluding carboxylic acids is 1. The minimum Gasteiger partial charge on any atom is -0.496 e. The number of pyridine rings is 1. The Morgan fingerprint density at radius 3 is 2.62 bits per heavy atom. The van der Waals surface area contributed by atoms with Gasteiger partial charge in [-0.2, -0.15) is 5.10 Å². The van der Waals surface area contributed by atoms with E-state index in [9.17, 15) is 14.3 Å². The van der Waals surface area contributed by atoms with Crippen molar-refractivity contribution < 1.29 is 19.0 Å². The van der Waals surface area contributed by atoms with Gasteiger partial charge in [-0.1, -0.05) is 24.3 Å². The molecule has 1 amide bonds. The van der Waals surface area contributed by atoms with Crippen molar-refractivity contribution in [2.45, 2.75) is 38.3 Å². The standard InChI is InChI=1S/C28H30FN5O3/c1-37-24-11-8-20(29)14-22(24)28(36)32-15-17-2-6-19(7-3-17)26-25-23(12-13-31-27(25)30)34(33-26)21-9-4-18(16-35)5-10-21/h2-3,6-8,11-14,18,21,35H,4-5,9-10,15-16H2,1H3,(H2,30,31)(H,32,36). The number of carbonyl (C=O) groups is 1. The van der Waals surface area contributed by atoms with Crippen molar-refractivity contribution >= 4 is 22.6 Å². The van der Waals surface area contributed by atoms with Gasteiger partial charge in [0.05, 0.1) is 29.6 Å². The van der Waals surface area contributed by atoms with Crippen molar-refractivity contribution in [3.8, 4) is 17.0 Å². The summed E-state index contributed by atoms with van der Waals surface area (Å²) in [5, 5.41) is 18.1. The number of aliphatic hydroxyl groups is 1. The topological polar surface area (TPSA) is 115 Å². The number of hydrogen-bond donors (Lipinski definition) is 3. The molecule has 5 rings (SSSR count). The van der Waals surface area contributed by atoms with E-state index in [4.69, 9.17) is 15.6 Å². The third kappa shape index (κ3) is 4.99. The van der Waals surface area contributed by atoms with Crippen LogP contribution in [0.5, 0.6) is 5.75 Å². The molecule has 2 aromatic carbocycles. The van der Waals surface area contributed by atoms with Gasteiger partial charge in [0, 0.05) is 24.9 Å². The molecule has 0 atom stereocenters. The molecule has 8 nitrogen and oxygen atoms in total. The molecule has 0 aliphatic heterocycles. The van der Waals surface area contributed by atoms with Crippen LogP contribution in [-0.4, -0.2) is 39.5 Å². The number of rotatable bonds is 7. The highest BCUT2D eigenvalue weighted by Crippen LogP contribution is 2.38. The number of nitrogens with zero attached hydrogens (tertiary/aromatic N) is 3. The quantitative estimate of drug-likeness (QED) is 0.343. The van der Waals surface area contributed by atoms with Gasteiger partial charge in [-0.25, -0.2) is 9.37 Å². The molecule has 37 heavy (non-hydrogen) atoms. The third-order valence-corrected chi connectivity index (χ3v) is 7.16. The first kappa shape index (κ1) is 24.7. The molecule has 1 aliphatic carbocycles. The Balaban J connectivity index is 1.36. The molecule has 2 heterocycles. The van der Waals surface area contributed by atoms with Gasteiger partial charge in [-0.15, -0.1) is 0 Å². The zero-order chi connectivity index (χ0) is 25.9. The van der Waals surface area contributed by atoms with E-state index in [0.717, 1.165) is 59.5 Å². The van der Waals surface area contributed by atoms with Crippen LogP contribution in [0.3, 0.4) is 0 Å². The maximum Gasteiger partial charge on any atom is 0.255 e. The second-order valence-electron chi connectivity index (χ2n) is 9.46. The van der Waals surface area contributed by atoms with Crippen molar-refractivity contribution in [3.63, 3.8) is 0 Å². The fourth-order valence-corrected chi connectivity index (χ4v) is 5.08. The number of nitrogens with one attached hydrogen (secondary N) is 1. The van der Waals surface area contributed by atoms with Crippen LogP contribution in [0.4, 0.5) is 10.2 Å². The Hall–Kier alpha value is -3.98. The summed E-state index contributed by atoms with van der Waals surface area (Å²) in [6, 6.07) is 13.8. The molecule has 0 spiro atoms. The summed E-state index contributed by atoms with van der Waals surface area (Å²) >= 11 is 0. The van der Waals surface area contributed by atoms with E-state index >= 15 is 0 Å². The number of nitrogen functional groups attached to an aromatic ring is 1. The Morgan fingerprint density at radius 2 is 1.92 bits per heavy atom. The fourth-order valence-electron chi connectivity index (χ4n) is 5.08. The van der Waals surface area contributed by atoms with Gasteiger partial charge in [0.2, 0.25) is 0 Å². The summed E-state index contributed by atoms with van der Waals surface area (Å²) in [6.45, 7) is 0.503. The number of methoxy groups -OCH3 is 1. The predicted molar refractivity (Wildman–Crippen MR) is 140 cm³/mol. The maximum absolute atomic E-state index is 13.6. The Morgan fingerprint density at radius 1 is 1.16 bits per heavy atom. The van der Waals surface area contributed by atoms with Crippen LogP contribution in [0.1, 0.15) is 47.6 Å². The summed E-state index contributed by atoms with van der Waals surface area (Å²) in [6.07, 6.45) is 5.57. The smallest absolute Gasteiger partial charge is 0.255 e. The molecule has 0 bridgehead atoms. The van der Waals surface area contributed by atoms with Crippen molar-refractivity contribution in [2.24, 2.45) is 5.92 Å². The number of aromatic nitrogens is 3. The fraction of sp³-hybridized carbons (Fsp3) is 0.321. The van der Waals surface area contributed by atoms with Gasteiger partial charge in [-0.3, -0.25) is 9.48 Å². The number of fused-ring (bicyclic) bond motifs is 1. The molecule has 2 aromatic heterocycles. The van der Waals surface area contributed by atoms with Crippen molar-refractivity contribution in [1.29, 1.82) is 0 Å². The number of anilines is 1. The van der Waals surface area contributed by atoms with E-state index in [2.05, 4.69) is 15.0 Å². The molecule has 4 N–H and O–H groups in total. The van der Waals surface area contributed by atoms with Crippen molar-refractivity contribution in [2.75, 3.05) is 19.5 Å². The van der Waals surface area contributed by atoms with Gasteiger partial charge >= 0.3 is 0 Å². The second-order valence-corrected chi connectivity index (χ2v) is 9.46. The molecular formula is C28H30FN5O3. The SMILES string of the molecule is COc1ccc(F)cc1C(=O)NCc1ccc(-c2nn(C3CCC(CO)CC3)c3ccnc(N)c23)cc1. The third-order valence-electron chi connectivity index (χ3n) is 7.16. The van der Waals surface area contributed by atoms with Gasteiger partial charge in [0.15, 0.2) is 0 Å². The van der Waals surface area contributed by atoms with E-state index in [1.165, 1.54) is 19.2 Å². The van der Waals surface area contributed by atoms with Crippen LogP contribution < -0.4 is 15.8 Å². The largest absolute Gasteiger partial charge is 0.496 e. The summed E-state index contributed by atoms with van der Waals surface area (Å²) in [7, 11) is 1.44. The molecular weight excluding hydrogens is 473 g/mol. The van der Waals surface area contributed by atoms with Crippen molar-refractivity contribution in [3.05, 3.63) is 71.7 Å². The summed E-state index contributed by atoms with van der Waals surface area (Å²) in [5.74, 6) is 0.187. The van der Waals surface area contributed by atoms with E-state index < -0.39 is 11.7 Å². The number of aliphatic hydroxyl groups excluding tert-OH is 1. The number of ether oxygens (including phenoxy) is 1. The first-order valence-corrected chi connectivity index (χ1v) is 12.4. The van der Waals surface area contributed by atoms with Gasteiger partial charge < -0.3 is 20.9 Å². The molecule has 1 fully saturated rings. The minimum atomic E-state index is -0.503. The van der Waals surface area contributed by atoms with Gasteiger partial charge in [0.25, 0.3) is 5.91 Å². The average molecular weight is 504 g/mol. The van der Waals surface area contributed by atoms with E-state index in [1.54, 1.807) is 6.20 Å². The van der Waals surface area contributed by atoms with E-state index in [1.807, 2.05) is 30.3 Å². The molecule has 0 saturated heterocycles. The number of benzene rings is 2.